The molecule has 0 bridgehead atoms. The number of carbonyl (C=O) groups is 1. The second kappa shape index (κ2) is 5.01. The van der Waals surface area contributed by atoms with Crippen LogP contribution in [0.15, 0.2) is 28.9 Å². The van der Waals surface area contributed by atoms with Crippen molar-refractivity contribution in [1.82, 2.24) is 9.47 Å². The minimum Gasteiger partial charge on any atom is -0.465 e. The van der Waals surface area contributed by atoms with Crippen LogP contribution in [-0.4, -0.2) is 46.8 Å². The van der Waals surface area contributed by atoms with E-state index in [0.717, 1.165) is 17.6 Å². The number of rotatable bonds is 1. The van der Waals surface area contributed by atoms with E-state index in [-0.39, 0.29) is 0 Å². The number of hydrogen-bond acceptors (Lipinski definition) is 2. The number of benzene rings is 1. The second-order valence-electron chi connectivity index (χ2n) is 5.04. The number of aromatic nitrogens is 1. The van der Waals surface area contributed by atoms with Gasteiger partial charge in [-0.05, 0) is 18.2 Å². The van der Waals surface area contributed by atoms with E-state index in [0.29, 0.717) is 13.1 Å². The Bertz CT molecular complexity index is 660. The quantitative estimate of drug-likeness (QED) is 0.870. The van der Waals surface area contributed by atoms with E-state index in [9.17, 15) is 4.79 Å². The first-order valence-electron chi connectivity index (χ1n) is 6.53. The van der Waals surface area contributed by atoms with Gasteiger partial charge in [0, 0.05) is 49.3 Å². The minimum atomic E-state index is -0.827. The average molecular weight is 338 g/mol. The third-order valence-electron chi connectivity index (χ3n) is 3.82. The summed E-state index contributed by atoms with van der Waals surface area (Å²) in [4.78, 5) is 14.7. The lowest BCUT2D eigenvalue weighted by Crippen LogP contribution is -2.48. The number of anilines is 1. The number of hydrogen-bond donors (Lipinski definition) is 1. The van der Waals surface area contributed by atoms with Crippen molar-refractivity contribution in [3.05, 3.63) is 28.9 Å². The van der Waals surface area contributed by atoms with E-state index < -0.39 is 6.09 Å². The standard InChI is InChI=1S/C14H16BrN3O2/c1-16-9-13(11-3-2-10(15)8-12(11)16)17-4-6-18(7-5-17)14(19)20/h2-3,8-9H,4-7H2,1H3,(H,19,20). The van der Waals surface area contributed by atoms with Crippen molar-refractivity contribution in [2.24, 2.45) is 7.05 Å². The third-order valence-corrected chi connectivity index (χ3v) is 4.32. The maximum absolute atomic E-state index is 10.9. The number of nitrogens with zero attached hydrogens (tertiary/aromatic N) is 3. The highest BCUT2D eigenvalue weighted by Gasteiger charge is 2.22. The van der Waals surface area contributed by atoms with Gasteiger partial charge in [-0.2, -0.15) is 0 Å². The molecule has 1 aliphatic heterocycles. The van der Waals surface area contributed by atoms with Crippen LogP contribution in [0.2, 0.25) is 0 Å². The van der Waals surface area contributed by atoms with Crippen LogP contribution in [0, 0.1) is 0 Å². The van der Waals surface area contributed by atoms with Crippen molar-refractivity contribution < 1.29 is 9.90 Å². The van der Waals surface area contributed by atoms with Crippen molar-refractivity contribution in [3.63, 3.8) is 0 Å². The molecule has 1 aliphatic rings. The van der Waals surface area contributed by atoms with Crippen LogP contribution < -0.4 is 4.90 Å². The monoisotopic (exact) mass is 337 g/mol. The van der Waals surface area contributed by atoms with Gasteiger partial charge < -0.3 is 19.5 Å². The van der Waals surface area contributed by atoms with E-state index in [1.807, 2.05) is 13.1 Å². The molecule has 3 rings (SSSR count). The average Bonchev–Trinajstić information content (AvgIpc) is 2.76. The molecule has 6 heteroatoms. The Morgan fingerprint density at radius 1 is 1.25 bits per heavy atom. The molecule has 1 amide bonds. The summed E-state index contributed by atoms with van der Waals surface area (Å²) >= 11 is 3.50. The molecule has 1 N–H and O–H groups in total. The molecule has 1 aromatic carbocycles. The van der Waals surface area contributed by atoms with E-state index in [2.05, 4.69) is 43.7 Å². The fraction of sp³-hybridized carbons (Fsp3) is 0.357. The summed E-state index contributed by atoms with van der Waals surface area (Å²) < 4.78 is 3.17. The van der Waals surface area contributed by atoms with Gasteiger partial charge in [-0.25, -0.2) is 4.79 Å². The fourth-order valence-corrected chi connectivity index (χ4v) is 3.08. The van der Waals surface area contributed by atoms with Gasteiger partial charge in [0.15, 0.2) is 0 Å². The van der Waals surface area contributed by atoms with Gasteiger partial charge in [-0.1, -0.05) is 15.9 Å². The van der Waals surface area contributed by atoms with Gasteiger partial charge in [0.25, 0.3) is 0 Å². The highest BCUT2D eigenvalue weighted by molar-refractivity contribution is 9.10. The van der Waals surface area contributed by atoms with E-state index in [1.54, 1.807) is 0 Å². The van der Waals surface area contributed by atoms with Crippen molar-refractivity contribution in [2.75, 3.05) is 31.1 Å². The van der Waals surface area contributed by atoms with Gasteiger partial charge in [0.2, 0.25) is 0 Å². The van der Waals surface area contributed by atoms with Crippen molar-refractivity contribution in [3.8, 4) is 0 Å². The van der Waals surface area contributed by atoms with Crippen molar-refractivity contribution >= 4 is 38.6 Å². The molecule has 106 valence electrons. The maximum atomic E-state index is 10.9. The first-order chi connectivity index (χ1) is 9.56. The van der Waals surface area contributed by atoms with Gasteiger partial charge in [-0.15, -0.1) is 0 Å². The van der Waals surface area contributed by atoms with Crippen LogP contribution >= 0.6 is 15.9 Å². The van der Waals surface area contributed by atoms with Crippen LogP contribution in [0.5, 0.6) is 0 Å². The normalized spacial score (nSPS) is 15.9. The highest BCUT2D eigenvalue weighted by Crippen LogP contribution is 2.31. The Morgan fingerprint density at radius 2 is 1.95 bits per heavy atom. The Kier molecular flexibility index (Phi) is 3.33. The minimum absolute atomic E-state index is 0.558. The molecule has 0 atom stereocenters. The Labute approximate surface area is 125 Å². The molecule has 2 aromatic rings. The van der Waals surface area contributed by atoms with Crippen molar-refractivity contribution in [1.29, 1.82) is 0 Å². The molecule has 0 saturated carbocycles. The van der Waals surface area contributed by atoms with Crippen LogP contribution in [-0.2, 0) is 7.05 Å². The third kappa shape index (κ3) is 2.24. The van der Waals surface area contributed by atoms with Gasteiger partial charge >= 0.3 is 6.09 Å². The Hall–Kier alpha value is -1.69. The van der Waals surface area contributed by atoms with Gasteiger partial charge in [0.05, 0.1) is 11.2 Å². The summed E-state index contributed by atoms with van der Waals surface area (Å²) in [5.41, 5.74) is 2.36. The molecule has 20 heavy (non-hydrogen) atoms. The molecular formula is C14H16BrN3O2. The maximum Gasteiger partial charge on any atom is 0.407 e. The molecule has 0 unspecified atom stereocenters. The number of carboxylic acid groups (broad SMARTS) is 1. The number of fused-ring (bicyclic) bond motifs is 1. The first-order valence-corrected chi connectivity index (χ1v) is 7.33. The highest BCUT2D eigenvalue weighted by atomic mass is 79.9. The lowest BCUT2D eigenvalue weighted by molar-refractivity contribution is 0.142. The Balaban J connectivity index is 1.90. The number of halogens is 1. The lowest BCUT2D eigenvalue weighted by Gasteiger charge is -2.34. The van der Waals surface area contributed by atoms with Crippen molar-refractivity contribution in [2.45, 2.75) is 0 Å². The van der Waals surface area contributed by atoms with Crippen LogP contribution in [0.1, 0.15) is 0 Å². The zero-order valence-electron chi connectivity index (χ0n) is 11.2. The summed E-state index contributed by atoms with van der Waals surface area (Å²) in [5.74, 6) is 0. The number of piperazine rings is 1. The largest absolute Gasteiger partial charge is 0.465 e. The Morgan fingerprint density at radius 3 is 2.60 bits per heavy atom. The van der Waals surface area contributed by atoms with Gasteiger partial charge in [-0.3, -0.25) is 0 Å². The molecule has 1 saturated heterocycles. The first kappa shape index (κ1) is 13.3. The fourth-order valence-electron chi connectivity index (χ4n) is 2.73. The predicted molar refractivity (Wildman–Crippen MR) is 82.4 cm³/mol. The SMILES string of the molecule is Cn1cc(N2CCN(C(=O)O)CC2)c2ccc(Br)cc21. The van der Waals surface area contributed by atoms with Crippen LogP contribution in [0.25, 0.3) is 10.9 Å². The summed E-state index contributed by atoms with van der Waals surface area (Å²) in [6.07, 6.45) is 1.29. The smallest absolute Gasteiger partial charge is 0.407 e. The molecule has 2 heterocycles. The number of aryl methyl sites for hydroxylation is 1. The van der Waals surface area contributed by atoms with E-state index in [1.165, 1.54) is 21.5 Å². The van der Waals surface area contributed by atoms with Crippen LogP contribution in [0.3, 0.4) is 0 Å². The summed E-state index contributed by atoms with van der Waals surface area (Å²) in [6.45, 7) is 2.59. The second-order valence-corrected chi connectivity index (χ2v) is 5.96. The molecule has 1 aromatic heterocycles. The molecule has 5 nitrogen and oxygen atoms in total. The summed E-state index contributed by atoms with van der Waals surface area (Å²) in [6, 6.07) is 6.25. The van der Waals surface area contributed by atoms with E-state index in [4.69, 9.17) is 5.11 Å². The summed E-state index contributed by atoms with van der Waals surface area (Å²) in [7, 11) is 2.03. The van der Waals surface area contributed by atoms with Crippen LogP contribution in [0.4, 0.5) is 10.5 Å². The predicted octanol–water partition coefficient (Wildman–Crippen LogP) is 2.74. The molecular weight excluding hydrogens is 322 g/mol. The molecule has 0 spiro atoms. The molecule has 1 fully saturated rings. The van der Waals surface area contributed by atoms with Gasteiger partial charge in [0.1, 0.15) is 0 Å². The topological polar surface area (TPSA) is 48.7 Å². The molecule has 0 aliphatic carbocycles. The number of amides is 1. The lowest BCUT2D eigenvalue weighted by atomic mass is 10.2. The zero-order valence-corrected chi connectivity index (χ0v) is 12.8. The zero-order chi connectivity index (χ0) is 14.3. The summed E-state index contributed by atoms with van der Waals surface area (Å²) in [5, 5.41) is 10.2. The molecule has 0 radical (unpaired) electrons. The van der Waals surface area contributed by atoms with E-state index >= 15 is 0 Å².